The molecule has 0 amide bonds. The highest BCUT2D eigenvalue weighted by Gasteiger charge is 2.01. The van der Waals surface area contributed by atoms with E-state index in [0.717, 1.165) is 16.0 Å². The molecule has 4 heteroatoms. The zero-order valence-electron chi connectivity index (χ0n) is 10.3. The zero-order chi connectivity index (χ0) is 13.0. The quantitative estimate of drug-likeness (QED) is 0.837. The highest BCUT2D eigenvalue weighted by molar-refractivity contribution is 9.10. The average Bonchev–Trinajstić information content (AvgIpc) is 2.34. The van der Waals surface area contributed by atoms with Gasteiger partial charge < -0.3 is 9.47 Å². The molecule has 0 N–H and O–H groups in total. The Labute approximate surface area is 115 Å². The van der Waals surface area contributed by atoms with Gasteiger partial charge in [0.25, 0.3) is 0 Å². The fourth-order valence-corrected chi connectivity index (χ4v) is 1.64. The highest BCUT2D eigenvalue weighted by Crippen LogP contribution is 2.23. The van der Waals surface area contributed by atoms with E-state index in [0.29, 0.717) is 5.88 Å². The molecule has 0 spiro atoms. The Kier molecular flexibility index (Phi) is 4.20. The van der Waals surface area contributed by atoms with E-state index in [4.69, 9.17) is 9.47 Å². The Morgan fingerprint density at radius 3 is 2.22 bits per heavy atom. The molecule has 1 aromatic carbocycles. The van der Waals surface area contributed by atoms with Gasteiger partial charge in [-0.3, -0.25) is 0 Å². The number of rotatable bonds is 4. The molecule has 18 heavy (non-hydrogen) atoms. The molecule has 1 aromatic heterocycles. The molecule has 0 saturated carbocycles. The molecule has 0 fully saturated rings. The third-order valence-electron chi connectivity index (χ3n) is 2.12. The SMILES string of the molecule is CC(C)Oc1ccc(Oc2ccc(Br)cn2)cc1. The van der Waals surface area contributed by atoms with Crippen LogP contribution in [-0.2, 0) is 0 Å². The lowest BCUT2D eigenvalue weighted by Crippen LogP contribution is -2.05. The van der Waals surface area contributed by atoms with Gasteiger partial charge in [0.15, 0.2) is 0 Å². The second-order valence-electron chi connectivity index (χ2n) is 4.05. The summed E-state index contributed by atoms with van der Waals surface area (Å²) in [4.78, 5) is 4.14. The zero-order valence-corrected chi connectivity index (χ0v) is 11.8. The summed E-state index contributed by atoms with van der Waals surface area (Å²) < 4.78 is 12.1. The molecule has 0 aliphatic heterocycles. The number of aromatic nitrogens is 1. The van der Waals surface area contributed by atoms with Gasteiger partial charge in [0, 0.05) is 16.7 Å². The summed E-state index contributed by atoms with van der Waals surface area (Å²) in [6.45, 7) is 3.99. The van der Waals surface area contributed by atoms with Crippen molar-refractivity contribution in [2.45, 2.75) is 20.0 Å². The Balaban J connectivity index is 2.04. The number of halogens is 1. The third kappa shape index (κ3) is 3.74. The van der Waals surface area contributed by atoms with Crippen molar-refractivity contribution in [2.24, 2.45) is 0 Å². The van der Waals surface area contributed by atoms with Crippen LogP contribution >= 0.6 is 15.9 Å². The van der Waals surface area contributed by atoms with E-state index in [-0.39, 0.29) is 6.10 Å². The molecular weight excluding hydrogens is 294 g/mol. The van der Waals surface area contributed by atoms with Gasteiger partial charge in [0.2, 0.25) is 5.88 Å². The van der Waals surface area contributed by atoms with E-state index in [1.165, 1.54) is 0 Å². The Morgan fingerprint density at radius 2 is 1.67 bits per heavy atom. The van der Waals surface area contributed by atoms with Gasteiger partial charge in [-0.05, 0) is 60.1 Å². The smallest absolute Gasteiger partial charge is 0.219 e. The van der Waals surface area contributed by atoms with Crippen molar-refractivity contribution in [3.8, 4) is 17.4 Å². The van der Waals surface area contributed by atoms with E-state index >= 15 is 0 Å². The summed E-state index contributed by atoms with van der Waals surface area (Å²) >= 11 is 3.33. The number of nitrogens with zero attached hydrogens (tertiary/aromatic N) is 1. The van der Waals surface area contributed by atoms with Crippen LogP contribution < -0.4 is 9.47 Å². The number of ether oxygens (including phenoxy) is 2. The van der Waals surface area contributed by atoms with Crippen LogP contribution in [0, 0.1) is 0 Å². The van der Waals surface area contributed by atoms with Crippen LogP contribution in [0.2, 0.25) is 0 Å². The molecule has 1 heterocycles. The molecule has 2 rings (SSSR count). The number of hydrogen-bond acceptors (Lipinski definition) is 3. The van der Waals surface area contributed by atoms with Crippen LogP contribution in [0.1, 0.15) is 13.8 Å². The van der Waals surface area contributed by atoms with Gasteiger partial charge >= 0.3 is 0 Å². The topological polar surface area (TPSA) is 31.4 Å². The lowest BCUT2D eigenvalue weighted by molar-refractivity contribution is 0.242. The minimum atomic E-state index is 0.171. The van der Waals surface area contributed by atoms with Crippen molar-refractivity contribution >= 4 is 15.9 Å². The van der Waals surface area contributed by atoms with Crippen LogP contribution in [0.3, 0.4) is 0 Å². The molecule has 0 unspecified atom stereocenters. The highest BCUT2D eigenvalue weighted by atomic mass is 79.9. The van der Waals surface area contributed by atoms with Crippen molar-refractivity contribution in [1.29, 1.82) is 0 Å². The first-order chi connectivity index (χ1) is 8.63. The second-order valence-corrected chi connectivity index (χ2v) is 4.97. The Morgan fingerprint density at radius 1 is 1.00 bits per heavy atom. The normalized spacial score (nSPS) is 10.4. The summed E-state index contributed by atoms with van der Waals surface area (Å²) in [5.74, 6) is 2.14. The lowest BCUT2D eigenvalue weighted by Gasteiger charge is -2.10. The fraction of sp³-hybridized carbons (Fsp3) is 0.214. The molecule has 0 aliphatic rings. The van der Waals surface area contributed by atoms with Gasteiger partial charge in [-0.25, -0.2) is 4.98 Å². The van der Waals surface area contributed by atoms with Gasteiger partial charge in [-0.2, -0.15) is 0 Å². The predicted octanol–water partition coefficient (Wildman–Crippen LogP) is 4.42. The number of pyridine rings is 1. The first-order valence-corrected chi connectivity index (χ1v) is 6.49. The number of benzene rings is 1. The van der Waals surface area contributed by atoms with Crippen LogP contribution in [0.25, 0.3) is 0 Å². The van der Waals surface area contributed by atoms with E-state index in [1.807, 2.05) is 50.2 Å². The molecule has 0 bridgehead atoms. The summed E-state index contributed by atoms with van der Waals surface area (Å²) in [7, 11) is 0. The van der Waals surface area contributed by atoms with Crippen molar-refractivity contribution in [1.82, 2.24) is 4.98 Å². The second kappa shape index (κ2) is 5.87. The van der Waals surface area contributed by atoms with Crippen LogP contribution in [0.4, 0.5) is 0 Å². The van der Waals surface area contributed by atoms with Crippen LogP contribution in [0.5, 0.6) is 17.4 Å². The summed E-state index contributed by atoms with van der Waals surface area (Å²) in [5.41, 5.74) is 0. The predicted molar refractivity (Wildman–Crippen MR) is 74.2 cm³/mol. The van der Waals surface area contributed by atoms with E-state index < -0.39 is 0 Å². The van der Waals surface area contributed by atoms with E-state index in [9.17, 15) is 0 Å². The molecule has 0 radical (unpaired) electrons. The summed E-state index contributed by atoms with van der Waals surface area (Å²) in [6, 6.07) is 11.2. The first-order valence-electron chi connectivity index (χ1n) is 5.69. The fourth-order valence-electron chi connectivity index (χ4n) is 1.40. The van der Waals surface area contributed by atoms with Crippen molar-refractivity contribution < 1.29 is 9.47 Å². The molecule has 0 aliphatic carbocycles. The molecular formula is C14H14BrNO2. The molecule has 3 nitrogen and oxygen atoms in total. The molecule has 2 aromatic rings. The standard InChI is InChI=1S/C14H14BrNO2/c1-10(2)17-12-4-6-13(7-5-12)18-14-8-3-11(15)9-16-14/h3-10H,1-2H3. The maximum atomic E-state index is 5.61. The summed E-state index contributed by atoms with van der Waals surface area (Å²) in [6.07, 6.45) is 1.87. The first kappa shape index (κ1) is 12.9. The monoisotopic (exact) mass is 307 g/mol. The van der Waals surface area contributed by atoms with Gasteiger partial charge in [0.1, 0.15) is 11.5 Å². The van der Waals surface area contributed by atoms with Gasteiger partial charge in [-0.15, -0.1) is 0 Å². The number of hydrogen-bond donors (Lipinski definition) is 0. The Hall–Kier alpha value is -1.55. The molecule has 94 valence electrons. The van der Waals surface area contributed by atoms with Crippen molar-refractivity contribution in [3.05, 3.63) is 47.1 Å². The van der Waals surface area contributed by atoms with Crippen LogP contribution in [-0.4, -0.2) is 11.1 Å². The summed E-state index contributed by atoms with van der Waals surface area (Å²) in [5, 5.41) is 0. The van der Waals surface area contributed by atoms with Crippen molar-refractivity contribution in [2.75, 3.05) is 0 Å². The van der Waals surface area contributed by atoms with Crippen molar-refractivity contribution in [3.63, 3.8) is 0 Å². The maximum absolute atomic E-state index is 5.61. The minimum Gasteiger partial charge on any atom is -0.491 e. The lowest BCUT2D eigenvalue weighted by atomic mass is 10.3. The largest absolute Gasteiger partial charge is 0.491 e. The van der Waals surface area contributed by atoms with E-state index in [1.54, 1.807) is 6.20 Å². The molecule has 0 atom stereocenters. The van der Waals surface area contributed by atoms with Crippen LogP contribution in [0.15, 0.2) is 47.1 Å². The molecule has 0 saturated heterocycles. The van der Waals surface area contributed by atoms with E-state index in [2.05, 4.69) is 20.9 Å². The maximum Gasteiger partial charge on any atom is 0.219 e. The van der Waals surface area contributed by atoms with Gasteiger partial charge in [0.05, 0.1) is 6.10 Å². The average molecular weight is 308 g/mol. The third-order valence-corrected chi connectivity index (χ3v) is 2.59. The Bertz CT molecular complexity index is 494. The van der Waals surface area contributed by atoms with Gasteiger partial charge in [-0.1, -0.05) is 0 Å². The minimum absolute atomic E-state index is 0.171.